The van der Waals surface area contributed by atoms with E-state index in [4.69, 9.17) is 0 Å². The lowest BCUT2D eigenvalue weighted by Crippen LogP contribution is -1.84. The molecular weight excluding hydrogens is 285 g/mol. The minimum absolute atomic E-state index is 0.192. The van der Waals surface area contributed by atoms with Crippen LogP contribution in [-0.2, 0) is 0 Å². The summed E-state index contributed by atoms with van der Waals surface area (Å²) >= 11 is 0. The van der Waals surface area contributed by atoms with E-state index in [1.165, 1.54) is 0 Å². The molecule has 0 saturated carbocycles. The SMILES string of the molecule is Cc1ccc(F)c2c(-c3ccccc3)c(-c3ccccc3)[nH]c12. The summed E-state index contributed by atoms with van der Waals surface area (Å²) in [6.07, 6.45) is 0. The maximum absolute atomic E-state index is 14.6. The summed E-state index contributed by atoms with van der Waals surface area (Å²) in [5.41, 5.74) is 5.86. The van der Waals surface area contributed by atoms with Crippen molar-refractivity contribution in [2.75, 3.05) is 0 Å². The summed E-state index contributed by atoms with van der Waals surface area (Å²) in [6.45, 7) is 2.00. The van der Waals surface area contributed by atoms with Crippen molar-refractivity contribution in [2.45, 2.75) is 6.92 Å². The molecule has 1 N–H and O–H groups in total. The van der Waals surface area contributed by atoms with Gasteiger partial charge in [-0.3, -0.25) is 0 Å². The van der Waals surface area contributed by atoms with Crippen LogP contribution in [0.25, 0.3) is 33.3 Å². The summed E-state index contributed by atoms with van der Waals surface area (Å²) in [5, 5.41) is 0.662. The van der Waals surface area contributed by atoms with Gasteiger partial charge in [-0.2, -0.15) is 0 Å². The molecule has 0 saturated heterocycles. The fourth-order valence-corrected chi connectivity index (χ4v) is 3.11. The Morgan fingerprint density at radius 3 is 2.00 bits per heavy atom. The van der Waals surface area contributed by atoms with Gasteiger partial charge in [0.1, 0.15) is 5.82 Å². The quantitative estimate of drug-likeness (QED) is 0.471. The standard InChI is InChI=1S/C21H16FN/c1-14-12-13-17(22)19-18(15-8-4-2-5-9-15)21(23-20(14)19)16-10-6-3-7-11-16/h2-13,23H,1H3. The summed E-state index contributed by atoms with van der Waals surface area (Å²) in [5.74, 6) is -0.192. The third-order valence-electron chi connectivity index (χ3n) is 4.24. The van der Waals surface area contributed by atoms with Crippen molar-refractivity contribution in [2.24, 2.45) is 0 Å². The highest BCUT2D eigenvalue weighted by atomic mass is 19.1. The second-order valence-corrected chi connectivity index (χ2v) is 5.72. The lowest BCUT2D eigenvalue weighted by molar-refractivity contribution is 0.640. The van der Waals surface area contributed by atoms with Gasteiger partial charge in [-0.05, 0) is 29.7 Å². The lowest BCUT2D eigenvalue weighted by atomic mass is 9.97. The van der Waals surface area contributed by atoms with Gasteiger partial charge in [0.05, 0.1) is 11.2 Å². The molecule has 23 heavy (non-hydrogen) atoms. The smallest absolute Gasteiger partial charge is 0.133 e. The predicted molar refractivity (Wildman–Crippen MR) is 93.9 cm³/mol. The van der Waals surface area contributed by atoms with Gasteiger partial charge in [0.25, 0.3) is 0 Å². The second-order valence-electron chi connectivity index (χ2n) is 5.72. The molecule has 0 aliphatic heterocycles. The predicted octanol–water partition coefficient (Wildman–Crippen LogP) is 5.95. The van der Waals surface area contributed by atoms with Crippen molar-refractivity contribution in [1.29, 1.82) is 0 Å². The number of nitrogens with one attached hydrogen (secondary N) is 1. The zero-order valence-corrected chi connectivity index (χ0v) is 12.8. The van der Waals surface area contributed by atoms with E-state index >= 15 is 0 Å². The fraction of sp³-hybridized carbons (Fsp3) is 0.0476. The summed E-state index contributed by atoms with van der Waals surface area (Å²) in [7, 11) is 0. The fourth-order valence-electron chi connectivity index (χ4n) is 3.11. The third-order valence-corrected chi connectivity index (χ3v) is 4.24. The Bertz CT molecular complexity index is 969. The van der Waals surface area contributed by atoms with Gasteiger partial charge in [-0.15, -0.1) is 0 Å². The summed E-state index contributed by atoms with van der Waals surface area (Å²) < 4.78 is 14.6. The largest absolute Gasteiger partial charge is 0.354 e. The molecule has 0 radical (unpaired) electrons. The van der Waals surface area contributed by atoms with Crippen LogP contribution in [0.15, 0.2) is 72.8 Å². The van der Waals surface area contributed by atoms with Crippen LogP contribution in [0.2, 0.25) is 0 Å². The van der Waals surface area contributed by atoms with E-state index in [-0.39, 0.29) is 5.82 Å². The van der Waals surface area contributed by atoms with Crippen LogP contribution in [0, 0.1) is 12.7 Å². The molecule has 1 nitrogen and oxygen atoms in total. The van der Waals surface area contributed by atoms with Crippen molar-refractivity contribution in [1.82, 2.24) is 4.98 Å². The van der Waals surface area contributed by atoms with Crippen molar-refractivity contribution in [3.05, 3.63) is 84.2 Å². The number of hydrogen-bond acceptors (Lipinski definition) is 0. The van der Waals surface area contributed by atoms with Crippen LogP contribution in [0.3, 0.4) is 0 Å². The van der Waals surface area contributed by atoms with Gasteiger partial charge in [-0.25, -0.2) is 4.39 Å². The molecule has 0 aliphatic rings. The lowest BCUT2D eigenvalue weighted by Gasteiger charge is -2.06. The average Bonchev–Trinajstić information content (AvgIpc) is 3.02. The number of aromatic amines is 1. The van der Waals surface area contributed by atoms with Crippen LogP contribution in [0.1, 0.15) is 5.56 Å². The Kier molecular flexibility index (Phi) is 3.23. The Morgan fingerprint density at radius 1 is 0.739 bits per heavy atom. The molecule has 4 rings (SSSR count). The van der Waals surface area contributed by atoms with Crippen molar-refractivity contribution in [3.63, 3.8) is 0 Å². The Labute approximate surface area is 134 Å². The second kappa shape index (κ2) is 5.40. The molecular formula is C21H16FN. The highest BCUT2D eigenvalue weighted by molar-refractivity contribution is 6.05. The summed E-state index contributed by atoms with van der Waals surface area (Å²) in [4.78, 5) is 3.45. The van der Waals surface area contributed by atoms with Gasteiger partial charge in [0, 0.05) is 10.9 Å². The number of aromatic nitrogens is 1. The number of aryl methyl sites for hydroxylation is 1. The first-order chi connectivity index (χ1) is 11.3. The highest BCUT2D eigenvalue weighted by Gasteiger charge is 2.18. The molecule has 1 aromatic heterocycles. The van der Waals surface area contributed by atoms with E-state index in [9.17, 15) is 4.39 Å². The van der Waals surface area contributed by atoms with E-state index in [2.05, 4.69) is 4.98 Å². The molecule has 0 amide bonds. The van der Waals surface area contributed by atoms with E-state index in [0.717, 1.165) is 33.5 Å². The summed E-state index contributed by atoms with van der Waals surface area (Å²) in [6, 6.07) is 23.4. The topological polar surface area (TPSA) is 15.8 Å². The maximum atomic E-state index is 14.6. The van der Waals surface area contributed by atoms with E-state index in [1.807, 2.05) is 73.7 Å². The van der Waals surface area contributed by atoms with E-state index < -0.39 is 0 Å². The number of benzene rings is 3. The van der Waals surface area contributed by atoms with Crippen LogP contribution in [0.4, 0.5) is 4.39 Å². The monoisotopic (exact) mass is 301 g/mol. The van der Waals surface area contributed by atoms with Gasteiger partial charge < -0.3 is 4.98 Å². The first kappa shape index (κ1) is 13.8. The van der Waals surface area contributed by atoms with Crippen molar-refractivity contribution < 1.29 is 4.39 Å². The van der Waals surface area contributed by atoms with Gasteiger partial charge in [0.2, 0.25) is 0 Å². The van der Waals surface area contributed by atoms with Gasteiger partial charge in [0.15, 0.2) is 0 Å². The molecule has 112 valence electrons. The maximum Gasteiger partial charge on any atom is 0.133 e. The Hall–Kier alpha value is -2.87. The molecule has 4 aromatic rings. The van der Waals surface area contributed by atoms with E-state index in [1.54, 1.807) is 6.07 Å². The van der Waals surface area contributed by atoms with Crippen molar-refractivity contribution in [3.8, 4) is 22.4 Å². The zero-order chi connectivity index (χ0) is 15.8. The minimum atomic E-state index is -0.192. The molecule has 0 fully saturated rings. The Morgan fingerprint density at radius 2 is 1.35 bits per heavy atom. The molecule has 1 heterocycles. The van der Waals surface area contributed by atoms with Gasteiger partial charge >= 0.3 is 0 Å². The number of rotatable bonds is 2. The molecule has 3 aromatic carbocycles. The van der Waals surface area contributed by atoms with Crippen LogP contribution in [0.5, 0.6) is 0 Å². The number of hydrogen-bond donors (Lipinski definition) is 1. The first-order valence-electron chi connectivity index (χ1n) is 7.67. The van der Waals surface area contributed by atoms with Crippen LogP contribution < -0.4 is 0 Å². The molecule has 0 aliphatic carbocycles. The zero-order valence-electron chi connectivity index (χ0n) is 12.8. The molecule has 0 atom stereocenters. The number of H-pyrrole nitrogens is 1. The van der Waals surface area contributed by atoms with Crippen LogP contribution >= 0.6 is 0 Å². The normalized spacial score (nSPS) is 11.0. The third kappa shape index (κ3) is 2.23. The first-order valence-corrected chi connectivity index (χ1v) is 7.67. The molecule has 0 unspecified atom stereocenters. The Balaban J connectivity index is 2.14. The molecule has 0 bridgehead atoms. The molecule has 0 spiro atoms. The average molecular weight is 301 g/mol. The highest BCUT2D eigenvalue weighted by Crippen LogP contribution is 2.40. The minimum Gasteiger partial charge on any atom is -0.354 e. The van der Waals surface area contributed by atoms with Crippen LogP contribution in [-0.4, -0.2) is 4.98 Å². The van der Waals surface area contributed by atoms with E-state index in [0.29, 0.717) is 5.39 Å². The van der Waals surface area contributed by atoms with Gasteiger partial charge in [-0.1, -0.05) is 66.7 Å². The molecule has 2 heteroatoms. The van der Waals surface area contributed by atoms with Crippen molar-refractivity contribution >= 4 is 10.9 Å². The number of halogens is 1. The number of fused-ring (bicyclic) bond motifs is 1.